The zero-order valence-electron chi connectivity index (χ0n) is 16.8. The molecule has 1 N–H and O–H groups in total. The average molecular weight is 417 g/mol. The number of benzene rings is 3. The summed E-state index contributed by atoms with van der Waals surface area (Å²) in [5, 5.41) is 3.08. The zero-order valence-corrected chi connectivity index (χ0v) is 16.8. The van der Waals surface area contributed by atoms with Gasteiger partial charge >= 0.3 is 5.69 Å². The predicted molar refractivity (Wildman–Crippen MR) is 117 cm³/mol. The number of amides is 1. The van der Waals surface area contributed by atoms with Crippen LogP contribution in [-0.4, -0.2) is 15.0 Å². The van der Waals surface area contributed by atoms with Crippen molar-refractivity contribution in [3.63, 3.8) is 0 Å². The first-order valence-corrected chi connectivity index (χ1v) is 9.81. The van der Waals surface area contributed by atoms with Gasteiger partial charge in [0.25, 0.3) is 5.56 Å². The summed E-state index contributed by atoms with van der Waals surface area (Å²) in [6.07, 6.45) is 0. The number of rotatable bonds is 5. The zero-order chi connectivity index (χ0) is 22.0. The van der Waals surface area contributed by atoms with E-state index in [4.69, 9.17) is 0 Å². The number of carbonyl (C=O) groups is 1. The highest BCUT2D eigenvalue weighted by Gasteiger charge is 2.19. The highest BCUT2D eigenvalue weighted by molar-refractivity contribution is 5.82. The lowest BCUT2D eigenvalue weighted by Gasteiger charge is -2.17. The van der Waals surface area contributed by atoms with Gasteiger partial charge in [-0.25, -0.2) is 13.8 Å². The molecular weight excluding hydrogens is 397 g/mol. The summed E-state index contributed by atoms with van der Waals surface area (Å²) in [7, 11) is 0. The molecule has 0 fully saturated rings. The van der Waals surface area contributed by atoms with E-state index in [1.807, 2.05) is 37.3 Å². The first-order chi connectivity index (χ1) is 15.0. The van der Waals surface area contributed by atoms with E-state index in [2.05, 4.69) is 5.32 Å². The van der Waals surface area contributed by atoms with Crippen LogP contribution in [0.5, 0.6) is 0 Å². The Morgan fingerprint density at radius 2 is 1.58 bits per heavy atom. The van der Waals surface area contributed by atoms with Crippen LogP contribution in [0.1, 0.15) is 18.5 Å². The van der Waals surface area contributed by atoms with E-state index in [-0.39, 0.29) is 23.7 Å². The maximum absolute atomic E-state index is 14.4. The second kappa shape index (κ2) is 8.39. The van der Waals surface area contributed by atoms with Crippen molar-refractivity contribution in [2.45, 2.75) is 19.5 Å². The molecule has 31 heavy (non-hydrogen) atoms. The molecule has 0 saturated heterocycles. The molecule has 156 valence electrons. The molecule has 0 aliphatic carbocycles. The van der Waals surface area contributed by atoms with Gasteiger partial charge in [-0.05, 0) is 36.8 Å². The monoisotopic (exact) mass is 417 g/mol. The molecule has 0 spiro atoms. The molecule has 0 aliphatic rings. The smallest absolute Gasteiger partial charge is 0.336 e. The molecule has 0 saturated carbocycles. The van der Waals surface area contributed by atoms with Crippen molar-refractivity contribution in [1.82, 2.24) is 14.5 Å². The molecular formula is C24H20FN3O3. The van der Waals surface area contributed by atoms with Crippen LogP contribution >= 0.6 is 0 Å². The van der Waals surface area contributed by atoms with Crippen molar-refractivity contribution >= 4 is 16.8 Å². The standard InChI is InChI=1S/C24H20FN3O3/c1-16(17-9-3-2-4-10-17)26-22(29)15-27-20-13-7-5-11-18(20)23(30)28(24(27)31)21-14-8-6-12-19(21)25/h2-14,16H,15H2,1H3,(H,26,29)/t16-/m1/s1. The van der Waals surface area contributed by atoms with Crippen LogP contribution in [0.15, 0.2) is 88.5 Å². The number of fused-ring (bicyclic) bond motifs is 1. The second-order valence-corrected chi connectivity index (χ2v) is 7.18. The Morgan fingerprint density at radius 3 is 2.32 bits per heavy atom. The number of aromatic nitrogens is 2. The van der Waals surface area contributed by atoms with Crippen LogP contribution in [-0.2, 0) is 11.3 Å². The molecule has 1 heterocycles. The molecule has 0 bridgehead atoms. The largest absolute Gasteiger partial charge is 0.348 e. The minimum atomic E-state index is -0.781. The number of carbonyl (C=O) groups excluding carboxylic acids is 1. The van der Waals surface area contributed by atoms with E-state index in [0.29, 0.717) is 5.52 Å². The summed E-state index contributed by atoms with van der Waals surface area (Å²) >= 11 is 0. The maximum Gasteiger partial charge on any atom is 0.336 e. The maximum atomic E-state index is 14.4. The third-order valence-corrected chi connectivity index (χ3v) is 5.12. The lowest BCUT2D eigenvalue weighted by atomic mass is 10.1. The van der Waals surface area contributed by atoms with Crippen molar-refractivity contribution in [2.24, 2.45) is 0 Å². The number of nitrogens with one attached hydrogen (secondary N) is 1. The van der Waals surface area contributed by atoms with Crippen LogP contribution in [0.3, 0.4) is 0 Å². The minimum absolute atomic E-state index is 0.157. The third-order valence-electron chi connectivity index (χ3n) is 5.12. The Balaban J connectivity index is 1.79. The fourth-order valence-electron chi connectivity index (χ4n) is 3.58. The van der Waals surface area contributed by atoms with Crippen molar-refractivity contribution < 1.29 is 9.18 Å². The molecule has 1 aromatic heterocycles. The molecule has 0 unspecified atom stereocenters. The average Bonchev–Trinajstić information content (AvgIpc) is 2.78. The van der Waals surface area contributed by atoms with Gasteiger partial charge in [0.1, 0.15) is 12.4 Å². The van der Waals surface area contributed by atoms with Gasteiger partial charge in [-0.15, -0.1) is 0 Å². The molecule has 0 aliphatic heterocycles. The van der Waals surface area contributed by atoms with Gasteiger partial charge in [0, 0.05) is 0 Å². The van der Waals surface area contributed by atoms with Crippen LogP contribution in [0.25, 0.3) is 16.6 Å². The molecule has 4 rings (SSSR count). The molecule has 1 amide bonds. The van der Waals surface area contributed by atoms with Crippen LogP contribution in [0, 0.1) is 5.82 Å². The van der Waals surface area contributed by atoms with Crippen LogP contribution in [0.4, 0.5) is 4.39 Å². The van der Waals surface area contributed by atoms with E-state index < -0.39 is 23.0 Å². The summed E-state index contributed by atoms with van der Waals surface area (Å²) in [6, 6.07) is 21.2. The van der Waals surface area contributed by atoms with E-state index in [0.717, 1.165) is 10.1 Å². The Kier molecular flexibility index (Phi) is 5.49. The van der Waals surface area contributed by atoms with E-state index in [1.165, 1.54) is 28.8 Å². The summed E-state index contributed by atoms with van der Waals surface area (Å²) in [5.74, 6) is -1.10. The summed E-state index contributed by atoms with van der Waals surface area (Å²) in [5.41, 5.74) is -0.344. The Morgan fingerprint density at radius 1 is 0.935 bits per heavy atom. The number of para-hydroxylation sites is 2. The summed E-state index contributed by atoms with van der Waals surface area (Å²) in [6.45, 7) is 1.53. The van der Waals surface area contributed by atoms with Gasteiger partial charge < -0.3 is 5.32 Å². The molecule has 0 radical (unpaired) electrons. The Bertz CT molecular complexity index is 1380. The van der Waals surface area contributed by atoms with Crippen molar-refractivity contribution in [1.29, 1.82) is 0 Å². The van der Waals surface area contributed by atoms with Gasteiger partial charge in [-0.3, -0.25) is 14.2 Å². The number of nitrogens with zero attached hydrogens (tertiary/aromatic N) is 2. The summed E-state index contributed by atoms with van der Waals surface area (Å²) in [4.78, 5) is 39.0. The van der Waals surface area contributed by atoms with Gasteiger partial charge in [-0.2, -0.15) is 0 Å². The normalized spacial score (nSPS) is 11.9. The highest BCUT2D eigenvalue weighted by atomic mass is 19.1. The number of hydrogen-bond donors (Lipinski definition) is 1. The van der Waals surface area contributed by atoms with Crippen molar-refractivity contribution in [2.75, 3.05) is 0 Å². The SMILES string of the molecule is C[C@@H](NC(=O)Cn1c(=O)n(-c2ccccc2F)c(=O)c2ccccc21)c1ccccc1. The van der Waals surface area contributed by atoms with Crippen molar-refractivity contribution in [3.8, 4) is 5.69 Å². The van der Waals surface area contributed by atoms with Gasteiger partial charge in [0.15, 0.2) is 0 Å². The number of hydrogen-bond acceptors (Lipinski definition) is 3. The molecule has 3 aromatic carbocycles. The lowest BCUT2D eigenvalue weighted by molar-refractivity contribution is -0.122. The predicted octanol–water partition coefficient (Wildman–Crippen LogP) is 3.17. The summed E-state index contributed by atoms with van der Waals surface area (Å²) < 4.78 is 16.4. The van der Waals surface area contributed by atoms with E-state index in [9.17, 15) is 18.8 Å². The quantitative estimate of drug-likeness (QED) is 0.542. The lowest BCUT2D eigenvalue weighted by Crippen LogP contribution is -2.42. The van der Waals surface area contributed by atoms with Gasteiger partial charge in [0.2, 0.25) is 5.91 Å². The highest BCUT2D eigenvalue weighted by Crippen LogP contribution is 2.14. The first kappa shape index (κ1) is 20.3. The van der Waals surface area contributed by atoms with Gasteiger partial charge in [-0.1, -0.05) is 54.6 Å². The Hall–Kier alpha value is -4.00. The van der Waals surface area contributed by atoms with Crippen molar-refractivity contribution in [3.05, 3.63) is 111 Å². The molecule has 4 aromatic rings. The molecule has 7 heteroatoms. The minimum Gasteiger partial charge on any atom is -0.348 e. The molecule has 1 atom stereocenters. The van der Waals surface area contributed by atoms with Crippen LogP contribution in [0.2, 0.25) is 0 Å². The van der Waals surface area contributed by atoms with E-state index >= 15 is 0 Å². The number of halogens is 1. The topological polar surface area (TPSA) is 73.1 Å². The fraction of sp³-hybridized carbons (Fsp3) is 0.125. The first-order valence-electron chi connectivity index (χ1n) is 9.81. The third kappa shape index (κ3) is 3.90. The fourth-order valence-corrected chi connectivity index (χ4v) is 3.58. The van der Waals surface area contributed by atoms with Gasteiger partial charge in [0.05, 0.1) is 22.6 Å². The van der Waals surface area contributed by atoms with E-state index in [1.54, 1.807) is 24.3 Å². The Labute approximate surface area is 177 Å². The molecule has 6 nitrogen and oxygen atoms in total. The van der Waals surface area contributed by atoms with Crippen LogP contribution < -0.4 is 16.6 Å². The second-order valence-electron chi connectivity index (χ2n) is 7.18.